The molecule has 0 spiro atoms. The minimum atomic E-state index is -0.558. The molecule has 2 aliphatic rings. The van der Waals surface area contributed by atoms with Crippen molar-refractivity contribution in [3.05, 3.63) is 59.3 Å². The number of carbonyl (C=O) groups excluding carboxylic acids is 2. The summed E-state index contributed by atoms with van der Waals surface area (Å²) in [7, 11) is 3.10. The third-order valence-electron chi connectivity index (χ3n) is 5.92. The summed E-state index contributed by atoms with van der Waals surface area (Å²) >= 11 is 0. The molecule has 1 atom stereocenters. The smallest absolute Gasteiger partial charge is 0.266 e. The Morgan fingerprint density at radius 3 is 2.71 bits per heavy atom. The van der Waals surface area contributed by atoms with Crippen molar-refractivity contribution in [1.82, 2.24) is 14.9 Å². The molecule has 5 rings (SSSR count). The fraction of sp³-hybridized carbons (Fsp3) is 0.261. The maximum absolute atomic E-state index is 13.2. The standard InChI is InChI=1S/C23H22N4O4/c1-30-20-9-5-6-14(22(20)31-2)11-24-27-13-21(28)26-12-18-16(10-19(26)23(27)29)15-7-3-4-8-17(15)25-18/h3-9,11,19,25H,10,12-13H2,1-2H3/t19-/m0/s1. The molecule has 3 heterocycles. The van der Waals surface area contributed by atoms with Gasteiger partial charge in [-0.15, -0.1) is 0 Å². The average molecular weight is 418 g/mol. The van der Waals surface area contributed by atoms with Gasteiger partial charge in [-0.2, -0.15) is 5.10 Å². The number of aromatic amines is 1. The van der Waals surface area contributed by atoms with Gasteiger partial charge in [0.1, 0.15) is 12.6 Å². The number of aromatic nitrogens is 1. The number of rotatable bonds is 4. The Morgan fingerprint density at radius 1 is 1.06 bits per heavy atom. The van der Waals surface area contributed by atoms with E-state index < -0.39 is 6.04 Å². The molecule has 0 aliphatic carbocycles. The molecule has 3 aromatic rings. The van der Waals surface area contributed by atoms with Gasteiger partial charge >= 0.3 is 0 Å². The fourth-order valence-electron chi connectivity index (χ4n) is 4.40. The molecule has 0 radical (unpaired) electrons. The van der Waals surface area contributed by atoms with Crippen LogP contribution in [0.2, 0.25) is 0 Å². The molecule has 1 N–H and O–H groups in total. The summed E-state index contributed by atoms with van der Waals surface area (Å²) in [5.41, 5.74) is 3.77. The topological polar surface area (TPSA) is 87.2 Å². The van der Waals surface area contributed by atoms with Crippen LogP contribution in [0.15, 0.2) is 47.6 Å². The van der Waals surface area contributed by atoms with Crippen LogP contribution < -0.4 is 9.47 Å². The summed E-state index contributed by atoms with van der Waals surface area (Å²) < 4.78 is 10.7. The second-order valence-corrected chi connectivity index (χ2v) is 7.59. The van der Waals surface area contributed by atoms with E-state index in [9.17, 15) is 9.59 Å². The van der Waals surface area contributed by atoms with Gasteiger partial charge in [0.15, 0.2) is 11.5 Å². The second-order valence-electron chi connectivity index (χ2n) is 7.59. The fourth-order valence-corrected chi connectivity index (χ4v) is 4.40. The number of hydrazone groups is 1. The van der Waals surface area contributed by atoms with Gasteiger partial charge in [-0.3, -0.25) is 9.59 Å². The molecular weight excluding hydrogens is 396 g/mol. The van der Waals surface area contributed by atoms with Crippen molar-refractivity contribution < 1.29 is 19.1 Å². The predicted molar refractivity (Wildman–Crippen MR) is 115 cm³/mol. The van der Waals surface area contributed by atoms with Crippen LogP contribution in [0.25, 0.3) is 10.9 Å². The summed E-state index contributed by atoms with van der Waals surface area (Å²) in [6, 6.07) is 12.8. The minimum Gasteiger partial charge on any atom is -0.493 e. The van der Waals surface area contributed by atoms with E-state index >= 15 is 0 Å². The molecule has 2 aromatic carbocycles. The van der Waals surface area contributed by atoms with Gasteiger partial charge in [0, 0.05) is 28.6 Å². The third-order valence-corrected chi connectivity index (χ3v) is 5.92. The summed E-state index contributed by atoms with van der Waals surface area (Å²) in [6.07, 6.45) is 2.00. The first kappa shape index (κ1) is 19.2. The number of hydrogen-bond acceptors (Lipinski definition) is 5. The number of H-pyrrole nitrogens is 1. The molecule has 0 bridgehead atoms. The van der Waals surface area contributed by atoms with Crippen LogP contribution in [0.4, 0.5) is 0 Å². The van der Waals surface area contributed by atoms with Crippen molar-refractivity contribution in [2.75, 3.05) is 20.8 Å². The van der Waals surface area contributed by atoms with Crippen LogP contribution in [-0.4, -0.2) is 59.7 Å². The summed E-state index contributed by atoms with van der Waals surface area (Å²) in [5, 5.41) is 6.68. The lowest BCUT2D eigenvalue weighted by Gasteiger charge is -2.40. The number of nitrogens with one attached hydrogen (secondary N) is 1. The van der Waals surface area contributed by atoms with Gasteiger partial charge in [-0.05, 0) is 23.8 Å². The lowest BCUT2D eigenvalue weighted by molar-refractivity contribution is -0.157. The van der Waals surface area contributed by atoms with Gasteiger partial charge in [-0.1, -0.05) is 24.3 Å². The zero-order valence-electron chi connectivity index (χ0n) is 17.3. The van der Waals surface area contributed by atoms with Crippen molar-refractivity contribution in [1.29, 1.82) is 0 Å². The van der Waals surface area contributed by atoms with Crippen LogP contribution in [0.5, 0.6) is 11.5 Å². The first-order valence-corrected chi connectivity index (χ1v) is 10.0. The number of hydrogen-bond donors (Lipinski definition) is 1. The zero-order valence-corrected chi connectivity index (χ0v) is 17.3. The van der Waals surface area contributed by atoms with Crippen molar-refractivity contribution in [2.24, 2.45) is 5.10 Å². The molecule has 1 saturated heterocycles. The number of benzene rings is 2. The number of para-hydroxylation sites is 2. The van der Waals surface area contributed by atoms with Gasteiger partial charge < -0.3 is 19.4 Å². The molecule has 158 valence electrons. The number of methoxy groups -OCH3 is 2. The highest BCUT2D eigenvalue weighted by molar-refractivity contribution is 5.97. The highest BCUT2D eigenvalue weighted by Crippen LogP contribution is 2.33. The molecule has 8 nitrogen and oxygen atoms in total. The lowest BCUT2D eigenvalue weighted by atomic mass is 9.94. The summed E-state index contributed by atoms with van der Waals surface area (Å²) in [4.78, 5) is 31.1. The van der Waals surface area contributed by atoms with Crippen LogP contribution in [-0.2, 0) is 22.6 Å². The van der Waals surface area contributed by atoms with Crippen LogP contribution in [0, 0.1) is 0 Å². The summed E-state index contributed by atoms with van der Waals surface area (Å²) in [6.45, 7) is 0.314. The Hall–Kier alpha value is -3.81. The van der Waals surface area contributed by atoms with Crippen molar-refractivity contribution in [2.45, 2.75) is 19.0 Å². The average Bonchev–Trinajstić information content (AvgIpc) is 3.16. The van der Waals surface area contributed by atoms with Gasteiger partial charge in [-0.25, -0.2) is 5.01 Å². The third kappa shape index (κ3) is 3.11. The van der Waals surface area contributed by atoms with Crippen LogP contribution >= 0.6 is 0 Å². The lowest BCUT2D eigenvalue weighted by Crippen LogP contribution is -2.60. The van der Waals surface area contributed by atoms with Gasteiger partial charge in [0.2, 0.25) is 5.91 Å². The number of amides is 2. The Kier molecular flexibility index (Phi) is 4.62. The van der Waals surface area contributed by atoms with E-state index in [2.05, 4.69) is 10.1 Å². The molecular formula is C23H22N4O4. The Morgan fingerprint density at radius 2 is 1.90 bits per heavy atom. The summed E-state index contributed by atoms with van der Waals surface area (Å²) in [5.74, 6) is 0.780. The normalized spacial score (nSPS) is 18.5. The number of fused-ring (bicyclic) bond motifs is 4. The number of nitrogens with zero attached hydrogens (tertiary/aromatic N) is 3. The number of carbonyl (C=O) groups is 2. The molecule has 1 aromatic heterocycles. The number of ether oxygens (including phenoxy) is 2. The zero-order chi connectivity index (χ0) is 21.5. The van der Waals surface area contributed by atoms with Crippen LogP contribution in [0.1, 0.15) is 16.8 Å². The quantitative estimate of drug-likeness (QED) is 0.659. The Bertz CT molecular complexity index is 1220. The minimum absolute atomic E-state index is 0.0896. The van der Waals surface area contributed by atoms with Crippen molar-refractivity contribution >= 4 is 28.9 Å². The van der Waals surface area contributed by atoms with E-state index in [1.807, 2.05) is 36.4 Å². The highest BCUT2D eigenvalue weighted by Gasteiger charge is 2.43. The molecule has 2 aliphatic heterocycles. The molecule has 2 amide bonds. The monoisotopic (exact) mass is 418 g/mol. The molecule has 0 unspecified atom stereocenters. The predicted octanol–water partition coefficient (Wildman–Crippen LogP) is 2.31. The SMILES string of the molecule is COc1cccc(C=NN2CC(=O)N3Cc4[nH]c5ccccc5c4C[C@H]3C2=O)c1OC. The van der Waals surface area contributed by atoms with Crippen molar-refractivity contribution in [3.63, 3.8) is 0 Å². The van der Waals surface area contributed by atoms with E-state index in [0.29, 0.717) is 30.0 Å². The Labute approximate surface area is 179 Å². The van der Waals surface area contributed by atoms with Gasteiger partial charge in [0.05, 0.1) is 27.0 Å². The first-order valence-electron chi connectivity index (χ1n) is 10.0. The molecule has 31 heavy (non-hydrogen) atoms. The largest absolute Gasteiger partial charge is 0.493 e. The van der Waals surface area contributed by atoms with Crippen LogP contribution in [0.3, 0.4) is 0 Å². The maximum Gasteiger partial charge on any atom is 0.266 e. The van der Waals surface area contributed by atoms with E-state index in [-0.39, 0.29) is 18.4 Å². The molecule has 0 saturated carbocycles. The first-order chi connectivity index (χ1) is 15.1. The van der Waals surface area contributed by atoms with Crippen molar-refractivity contribution in [3.8, 4) is 11.5 Å². The maximum atomic E-state index is 13.2. The second kappa shape index (κ2) is 7.46. The molecule has 8 heteroatoms. The highest BCUT2D eigenvalue weighted by atomic mass is 16.5. The Balaban J connectivity index is 1.44. The van der Waals surface area contributed by atoms with E-state index in [1.165, 1.54) is 11.2 Å². The van der Waals surface area contributed by atoms with E-state index in [0.717, 1.165) is 22.2 Å². The molecule has 1 fully saturated rings. The number of piperazine rings is 1. The van der Waals surface area contributed by atoms with E-state index in [4.69, 9.17) is 9.47 Å². The van der Waals surface area contributed by atoms with E-state index in [1.54, 1.807) is 25.2 Å². The van der Waals surface area contributed by atoms with Gasteiger partial charge in [0.25, 0.3) is 5.91 Å².